The summed E-state index contributed by atoms with van der Waals surface area (Å²) in [7, 11) is 0. The minimum Gasteiger partial charge on any atom is -0.312 e. The topological polar surface area (TPSA) is 29.9 Å². The van der Waals surface area contributed by atoms with Gasteiger partial charge in [0.2, 0.25) is 5.95 Å². The molecule has 18 heavy (non-hydrogen) atoms. The molecule has 0 aliphatic carbocycles. The maximum absolute atomic E-state index is 13.8. The van der Waals surface area contributed by atoms with Gasteiger partial charge in [0, 0.05) is 18.7 Å². The second kappa shape index (κ2) is 9.34. The number of nitrogens with zero attached hydrogens (tertiary/aromatic N) is 2. The highest BCUT2D eigenvalue weighted by molar-refractivity contribution is 5.85. The number of unbranched alkanes of at least 4 members (excludes halogenated alkanes) is 3. The van der Waals surface area contributed by atoms with Crippen molar-refractivity contribution in [3.8, 4) is 0 Å². The summed E-state index contributed by atoms with van der Waals surface area (Å²) >= 11 is 0. The summed E-state index contributed by atoms with van der Waals surface area (Å²) in [6.07, 6.45) is 4.94. The highest BCUT2D eigenvalue weighted by Gasteiger charge is 2.12. The van der Waals surface area contributed by atoms with Crippen LogP contribution in [0.2, 0.25) is 0 Å². The lowest BCUT2D eigenvalue weighted by Gasteiger charge is -2.04. The van der Waals surface area contributed by atoms with E-state index in [0.29, 0.717) is 18.7 Å². The minimum atomic E-state index is -0.189. The fourth-order valence-electron chi connectivity index (χ4n) is 1.89. The van der Waals surface area contributed by atoms with E-state index in [-0.39, 0.29) is 18.4 Å². The second-order valence-corrected chi connectivity index (χ2v) is 4.41. The van der Waals surface area contributed by atoms with E-state index in [1.807, 2.05) is 13.8 Å². The smallest absolute Gasteiger partial charge is 0.216 e. The number of rotatable bonds is 8. The maximum atomic E-state index is 13.8. The Bertz CT molecular complexity index is 339. The average Bonchev–Trinajstić information content (AvgIpc) is 2.60. The monoisotopic (exact) mass is 277 g/mol. The fraction of sp³-hybridized carbons (Fsp3) is 0.769. The van der Waals surface area contributed by atoms with E-state index in [4.69, 9.17) is 0 Å². The van der Waals surface area contributed by atoms with Gasteiger partial charge in [0.15, 0.2) is 0 Å². The van der Waals surface area contributed by atoms with Gasteiger partial charge in [0.1, 0.15) is 0 Å². The predicted octanol–water partition coefficient (Wildman–Crippen LogP) is 3.44. The third-order valence-electron chi connectivity index (χ3n) is 2.99. The molecule has 0 unspecified atom stereocenters. The van der Waals surface area contributed by atoms with Crippen LogP contribution in [0.1, 0.15) is 50.8 Å². The van der Waals surface area contributed by atoms with E-state index >= 15 is 0 Å². The van der Waals surface area contributed by atoms with Crippen LogP contribution < -0.4 is 5.32 Å². The number of hydrogen-bond donors (Lipinski definition) is 1. The molecule has 106 valence electrons. The number of aryl methyl sites for hydroxylation is 2. The highest BCUT2D eigenvalue weighted by atomic mass is 35.5. The summed E-state index contributed by atoms with van der Waals surface area (Å²) in [6, 6.07) is 0. The second-order valence-electron chi connectivity index (χ2n) is 4.41. The third kappa shape index (κ3) is 4.94. The van der Waals surface area contributed by atoms with Crippen molar-refractivity contribution in [2.45, 2.75) is 59.5 Å². The number of aromatic nitrogens is 2. The molecule has 0 fully saturated rings. The first-order valence-corrected chi connectivity index (χ1v) is 6.63. The van der Waals surface area contributed by atoms with Gasteiger partial charge >= 0.3 is 0 Å². The van der Waals surface area contributed by atoms with Crippen molar-refractivity contribution in [1.29, 1.82) is 0 Å². The Balaban J connectivity index is 0.00000289. The van der Waals surface area contributed by atoms with Crippen LogP contribution in [0.15, 0.2) is 0 Å². The first-order valence-electron chi connectivity index (χ1n) is 6.63. The average molecular weight is 278 g/mol. The zero-order valence-corrected chi connectivity index (χ0v) is 12.4. The lowest BCUT2D eigenvalue weighted by Crippen LogP contribution is -2.16. The van der Waals surface area contributed by atoms with E-state index in [1.54, 1.807) is 0 Å². The molecule has 0 saturated heterocycles. The van der Waals surface area contributed by atoms with Crippen LogP contribution in [-0.4, -0.2) is 16.3 Å². The van der Waals surface area contributed by atoms with Crippen molar-refractivity contribution in [3.63, 3.8) is 0 Å². The van der Waals surface area contributed by atoms with Crippen LogP contribution in [0.5, 0.6) is 0 Å². The summed E-state index contributed by atoms with van der Waals surface area (Å²) in [6.45, 7) is 8.09. The Morgan fingerprint density at radius 3 is 2.50 bits per heavy atom. The van der Waals surface area contributed by atoms with Crippen molar-refractivity contribution < 1.29 is 4.39 Å². The lowest BCUT2D eigenvalue weighted by molar-refractivity contribution is 0.459. The molecule has 1 heterocycles. The molecule has 3 nitrogen and oxygen atoms in total. The first-order chi connectivity index (χ1) is 8.20. The van der Waals surface area contributed by atoms with E-state index in [0.717, 1.165) is 18.7 Å². The zero-order valence-electron chi connectivity index (χ0n) is 11.6. The van der Waals surface area contributed by atoms with Crippen LogP contribution in [0.25, 0.3) is 0 Å². The van der Waals surface area contributed by atoms with Crippen molar-refractivity contribution in [1.82, 2.24) is 15.1 Å². The normalized spacial score (nSPS) is 10.4. The molecule has 0 aliphatic heterocycles. The van der Waals surface area contributed by atoms with Gasteiger partial charge in [-0.05, 0) is 26.8 Å². The van der Waals surface area contributed by atoms with Crippen LogP contribution in [0, 0.1) is 12.9 Å². The quantitative estimate of drug-likeness (QED) is 0.738. The van der Waals surface area contributed by atoms with E-state index in [9.17, 15) is 4.39 Å². The molecule has 5 heteroatoms. The molecule has 1 rings (SSSR count). The SMILES string of the molecule is CCCCCCNCc1c(C)nn(CC)c1F.Cl. The molecule has 1 aromatic rings. The standard InChI is InChI=1S/C13H24FN3.ClH/c1-4-6-7-8-9-15-10-12-11(3)16-17(5-2)13(12)14;/h15H,4-10H2,1-3H3;1H. The molecule has 0 aromatic carbocycles. The summed E-state index contributed by atoms with van der Waals surface area (Å²) < 4.78 is 15.2. The molecular formula is C13H25ClFN3. The Morgan fingerprint density at radius 1 is 1.22 bits per heavy atom. The molecular weight excluding hydrogens is 253 g/mol. The molecule has 0 aliphatic rings. The summed E-state index contributed by atoms with van der Waals surface area (Å²) in [5.41, 5.74) is 1.51. The third-order valence-corrected chi connectivity index (χ3v) is 2.99. The Hall–Kier alpha value is -0.610. The minimum absolute atomic E-state index is 0. The highest BCUT2D eigenvalue weighted by Crippen LogP contribution is 2.11. The van der Waals surface area contributed by atoms with E-state index in [2.05, 4.69) is 17.3 Å². The molecule has 1 N–H and O–H groups in total. The summed E-state index contributed by atoms with van der Waals surface area (Å²) in [5.74, 6) is -0.189. The van der Waals surface area contributed by atoms with Crippen LogP contribution in [-0.2, 0) is 13.1 Å². The summed E-state index contributed by atoms with van der Waals surface area (Å²) in [4.78, 5) is 0. The van der Waals surface area contributed by atoms with Gasteiger partial charge in [-0.1, -0.05) is 26.2 Å². The maximum Gasteiger partial charge on any atom is 0.216 e. The Kier molecular flexibility index (Phi) is 9.02. The molecule has 0 radical (unpaired) electrons. The predicted molar refractivity (Wildman–Crippen MR) is 75.7 cm³/mol. The van der Waals surface area contributed by atoms with Gasteiger partial charge < -0.3 is 5.32 Å². The zero-order chi connectivity index (χ0) is 12.7. The van der Waals surface area contributed by atoms with Crippen LogP contribution in [0.4, 0.5) is 4.39 Å². The fourth-order valence-corrected chi connectivity index (χ4v) is 1.89. The van der Waals surface area contributed by atoms with E-state index in [1.165, 1.54) is 23.9 Å². The van der Waals surface area contributed by atoms with Crippen molar-refractivity contribution in [3.05, 3.63) is 17.2 Å². The van der Waals surface area contributed by atoms with Gasteiger partial charge in [-0.2, -0.15) is 9.49 Å². The molecule has 0 amide bonds. The molecule has 1 aromatic heterocycles. The van der Waals surface area contributed by atoms with Gasteiger partial charge in [-0.15, -0.1) is 12.4 Å². The molecule has 0 bridgehead atoms. The van der Waals surface area contributed by atoms with E-state index < -0.39 is 0 Å². The summed E-state index contributed by atoms with van der Waals surface area (Å²) in [5, 5.41) is 7.44. The number of hydrogen-bond acceptors (Lipinski definition) is 2. The van der Waals surface area contributed by atoms with Gasteiger partial charge in [0.05, 0.1) is 5.69 Å². The first kappa shape index (κ1) is 17.4. The molecule has 0 saturated carbocycles. The Morgan fingerprint density at radius 2 is 1.94 bits per heavy atom. The Labute approximate surface area is 116 Å². The van der Waals surface area contributed by atoms with Crippen LogP contribution >= 0.6 is 12.4 Å². The van der Waals surface area contributed by atoms with Gasteiger partial charge in [-0.25, -0.2) is 4.68 Å². The van der Waals surface area contributed by atoms with Crippen molar-refractivity contribution >= 4 is 12.4 Å². The van der Waals surface area contributed by atoms with Gasteiger partial charge in [-0.3, -0.25) is 0 Å². The van der Waals surface area contributed by atoms with Crippen molar-refractivity contribution in [2.75, 3.05) is 6.54 Å². The number of nitrogens with one attached hydrogen (secondary N) is 1. The lowest BCUT2D eigenvalue weighted by atomic mass is 10.2. The molecule has 0 atom stereocenters. The van der Waals surface area contributed by atoms with Crippen LogP contribution in [0.3, 0.4) is 0 Å². The molecule has 0 spiro atoms. The largest absolute Gasteiger partial charge is 0.312 e. The van der Waals surface area contributed by atoms with Gasteiger partial charge in [0.25, 0.3) is 0 Å². The van der Waals surface area contributed by atoms with Crippen molar-refractivity contribution in [2.24, 2.45) is 0 Å². The number of halogens is 2.